The monoisotopic (exact) mass is 257 g/mol. The summed E-state index contributed by atoms with van der Waals surface area (Å²) in [6, 6.07) is 0. The molecule has 1 aliphatic rings. The van der Waals surface area contributed by atoms with Crippen LogP contribution in [0.2, 0.25) is 0 Å². The fourth-order valence-corrected chi connectivity index (χ4v) is 2.99. The predicted octanol–water partition coefficient (Wildman–Crippen LogP) is 2.05. The van der Waals surface area contributed by atoms with Crippen LogP contribution in [0.15, 0.2) is 4.73 Å². The normalized spacial score (nSPS) is 20.9. The molecule has 1 aromatic heterocycles. The minimum Gasteiger partial charge on any atom is -0.322 e. The summed E-state index contributed by atoms with van der Waals surface area (Å²) in [5, 5.41) is 3.26. The van der Waals surface area contributed by atoms with Crippen molar-refractivity contribution in [1.29, 1.82) is 0 Å². The van der Waals surface area contributed by atoms with Crippen molar-refractivity contribution in [1.82, 2.24) is 14.9 Å². The lowest BCUT2D eigenvalue weighted by atomic mass is 9.94. The highest BCUT2D eigenvalue weighted by atomic mass is 79.9. The lowest BCUT2D eigenvalue weighted by Crippen LogP contribution is -2.24. The first-order chi connectivity index (χ1) is 6.74. The molecule has 0 bridgehead atoms. The average molecular weight is 258 g/mol. The molecule has 1 N–H and O–H groups in total. The van der Waals surface area contributed by atoms with Gasteiger partial charge in [-0.25, -0.2) is 4.98 Å². The average Bonchev–Trinajstić information content (AvgIpc) is 2.44. The molecule has 0 spiro atoms. The standard InChI is InChI=1S/C10H16BrN3/c1-7-9-8(6-12-2)4-3-5-14(9)10(11)13-7/h8,12H,3-6H2,1-2H3. The van der Waals surface area contributed by atoms with Gasteiger partial charge in [-0.3, -0.25) is 0 Å². The molecule has 0 aromatic carbocycles. The van der Waals surface area contributed by atoms with E-state index in [0.717, 1.165) is 17.8 Å². The zero-order valence-corrected chi connectivity index (χ0v) is 10.3. The van der Waals surface area contributed by atoms with Crippen LogP contribution in [0.4, 0.5) is 0 Å². The molecule has 0 aliphatic carbocycles. The van der Waals surface area contributed by atoms with Gasteiger partial charge in [0.05, 0.1) is 5.69 Å². The number of likely N-dealkylation sites (N-methyl/N-ethyl adjacent to an activating group) is 1. The molecule has 14 heavy (non-hydrogen) atoms. The molecule has 1 unspecified atom stereocenters. The number of aromatic nitrogens is 2. The summed E-state index contributed by atoms with van der Waals surface area (Å²) < 4.78 is 3.30. The minimum atomic E-state index is 0.632. The van der Waals surface area contributed by atoms with E-state index < -0.39 is 0 Å². The summed E-state index contributed by atoms with van der Waals surface area (Å²) in [4.78, 5) is 4.48. The number of nitrogens with zero attached hydrogens (tertiary/aromatic N) is 2. The van der Waals surface area contributed by atoms with Crippen LogP contribution >= 0.6 is 15.9 Å². The second kappa shape index (κ2) is 4.03. The molecule has 1 aliphatic heterocycles. The van der Waals surface area contributed by atoms with E-state index in [9.17, 15) is 0 Å². The van der Waals surface area contributed by atoms with Crippen LogP contribution in [-0.4, -0.2) is 23.1 Å². The van der Waals surface area contributed by atoms with Gasteiger partial charge >= 0.3 is 0 Å². The van der Waals surface area contributed by atoms with Crippen LogP contribution in [0.3, 0.4) is 0 Å². The van der Waals surface area contributed by atoms with Crippen molar-refractivity contribution in [3.8, 4) is 0 Å². The molecule has 0 saturated heterocycles. The highest BCUT2D eigenvalue weighted by molar-refractivity contribution is 9.10. The summed E-state index contributed by atoms with van der Waals surface area (Å²) in [7, 11) is 2.01. The van der Waals surface area contributed by atoms with Crippen LogP contribution in [0.25, 0.3) is 0 Å². The van der Waals surface area contributed by atoms with E-state index in [1.54, 1.807) is 0 Å². The molecular formula is C10H16BrN3. The number of hydrogen-bond acceptors (Lipinski definition) is 2. The van der Waals surface area contributed by atoms with E-state index in [0.29, 0.717) is 5.92 Å². The Kier molecular flexibility index (Phi) is 2.93. The van der Waals surface area contributed by atoms with Crippen LogP contribution < -0.4 is 5.32 Å². The molecule has 2 heterocycles. The molecule has 0 radical (unpaired) electrons. The Morgan fingerprint density at radius 2 is 2.43 bits per heavy atom. The third-order valence-corrected chi connectivity index (χ3v) is 3.52. The summed E-state index contributed by atoms with van der Waals surface area (Å²) in [6.45, 7) is 4.26. The second-order valence-electron chi connectivity index (χ2n) is 3.90. The molecule has 0 fully saturated rings. The van der Waals surface area contributed by atoms with Crippen molar-refractivity contribution in [3.05, 3.63) is 16.1 Å². The zero-order valence-electron chi connectivity index (χ0n) is 8.68. The lowest BCUT2D eigenvalue weighted by Gasteiger charge is -2.25. The van der Waals surface area contributed by atoms with E-state index >= 15 is 0 Å². The van der Waals surface area contributed by atoms with Gasteiger partial charge in [0, 0.05) is 24.7 Å². The van der Waals surface area contributed by atoms with Gasteiger partial charge in [0.2, 0.25) is 0 Å². The molecule has 0 saturated carbocycles. The number of aryl methyl sites for hydroxylation is 1. The van der Waals surface area contributed by atoms with E-state index in [2.05, 4.69) is 37.7 Å². The fraction of sp³-hybridized carbons (Fsp3) is 0.700. The molecule has 0 amide bonds. The Labute approximate surface area is 93.0 Å². The first kappa shape index (κ1) is 10.2. The van der Waals surface area contributed by atoms with Gasteiger partial charge in [-0.05, 0) is 42.7 Å². The van der Waals surface area contributed by atoms with Gasteiger partial charge in [-0.15, -0.1) is 0 Å². The maximum atomic E-state index is 4.48. The Morgan fingerprint density at radius 1 is 1.64 bits per heavy atom. The Morgan fingerprint density at radius 3 is 3.14 bits per heavy atom. The number of hydrogen-bond donors (Lipinski definition) is 1. The molecule has 3 nitrogen and oxygen atoms in total. The molecule has 1 atom stereocenters. The minimum absolute atomic E-state index is 0.632. The molecule has 4 heteroatoms. The number of imidazole rings is 1. The van der Waals surface area contributed by atoms with Crippen molar-refractivity contribution >= 4 is 15.9 Å². The number of nitrogens with one attached hydrogen (secondary N) is 1. The lowest BCUT2D eigenvalue weighted by molar-refractivity contribution is 0.437. The van der Waals surface area contributed by atoms with Crippen LogP contribution in [0, 0.1) is 6.92 Å². The van der Waals surface area contributed by atoms with Crippen molar-refractivity contribution in [3.63, 3.8) is 0 Å². The SMILES string of the molecule is CNCC1CCCn2c(Br)nc(C)c21. The van der Waals surface area contributed by atoms with E-state index in [-0.39, 0.29) is 0 Å². The van der Waals surface area contributed by atoms with E-state index in [4.69, 9.17) is 0 Å². The van der Waals surface area contributed by atoms with Crippen molar-refractivity contribution in [2.24, 2.45) is 0 Å². The maximum absolute atomic E-state index is 4.48. The second-order valence-corrected chi connectivity index (χ2v) is 4.61. The Bertz CT molecular complexity index is 332. The smallest absolute Gasteiger partial charge is 0.177 e. The van der Waals surface area contributed by atoms with Crippen molar-refractivity contribution in [2.75, 3.05) is 13.6 Å². The Hall–Kier alpha value is -0.350. The van der Waals surface area contributed by atoms with Crippen LogP contribution in [0.1, 0.15) is 30.1 Å². The zero-order chi connectivity index (χ0) is 10.1. The summed E-state index contributed by atoms with van der Waals surface area (Å²) >= 11 is 3.51. The number of halogens is 1. The highest BCUT2D eigenvalue weighted by Crippen LogP contribution is 2.31. The van der Waals surface area contributed by atoms with Gasteiger partial charge in [0.1, 0.15) is 0 Å². The van der Waals surface area contributed by atoms with Crippen LogP contribution in [0.5, 0.6) is 0 Å². The van der Waals surface area contributed by atoms with Gasteiger partial charge in [0.15, 0.2) is 4.73 Å². The third kappa shape index (κ3) is 1.61. The quantitative estimate of drug-likeness (QED) is 0.879. The van der Waals surface area contributed by atoms with Gasteiger partial charge in [-0.2, -0.15) is 0 Å². The Balaban J connectivity index is 2.37. The first-order valence-corrected chi connectivity index (χ1v) is 5.90. The summed E-state index contributed by atoms with van der Waals surface area (Å²) in [6.07, 6.45) is 2.54. The molecule has 78 valence electrons. The predicted molar refractivity (Wildman–Crippen MR) is 60.6 cm³/mol. The van der Waals surface area contributed by atoms with Gasteiger partial charge in [-0.1, -0.05) is 0 Å². The first-order valence-electron chi connectivity index (χ1n) is 5.11. The molecule has 1 aromatic rings. The van der Waals surface area contributed by atoms with Gasteiger partial charge < -0.3 is 9.88 Å². The maximum Gasteiger partial charge on any atom is 0.177 e. The topological polar surface area (TPSA) is 29.9 Å². The third-order valence-electron chi connectivity index (χ3n) is 2.92. The number of fused-ring (bicyclic) bond motifs is 1. The fourth-order valence-electron chi connectivity index (χ4n) is 2.36. The molecular weight excluding hydrogens is 242 g/mol. The van der Waals surface area contributed by atoms with Crippen LogP contribution in [-0.2, 0) is 6.54 Å². The van der Waals surface area contributed by atoms with E-state index in [1.165, 1.54) is 24.2 Å². The van der Waals surface area contributed by atoms with Crippen molar-refractivity contribution in [2.45, 2.75) is 32.2 Å². The summed E-state index contributed by atoms with van der Waals surface area (Å²) in [5.74, 6) is 0.632. The summed E-state index contributed by atoms with van der Waals surface area (Å²) in [5.41, 5.74) is 2.59. The number of rotatable bonds is 2. The van der Waals surface area contributed by atoms with E-state index in [1.807, 2.05) is 7.05 Å². The largest absolute Gasteiger partial charge is 0.322 e. The molecule has 2 rings (SSSR count). The highest BCUT2D eigenvalue weighted by Gasteiger charge is 2.24. The van der Waals surface area contributed by atoms with Crippen molar-refractivity contribution < 1.29 is 0 Å². The van der Waals surface area contributed by atoms with Gasteiger partial charge in [0.25, 0.3) is 0 Å².